The predicted molar refractivity (Wildman–Crippen MR) is 110 cm³/mol. The average Bonchev–Trinajstić information content (AvgIpc) is 2.70. The maximum atomic E-state index is 13.1. The van der Waals surface area contributed by atoms with Gasteiger partial charge in [-0.3, -0.25) is 4.79 Å². The summed E-state index contributed by atoms with van der Waals surface area (Å²) in [5, 5.41) is 4.53. The molecule has 1 heterocycles. The number of ketones is 1. The van der Waals surface area contributed by atoms with Crippen LogP contribution < -0.4 is 5.32 Å². The van der Waals surface area contributed by atoms with Crippen LogP contribution >= 0.6 is 11.8 Å². The molecule has 0 fully saturated rings. The normalized spacial score (nSPS) is 17.2. The Hall–Kier alpha value is -2.78. The molecule has 1 atom stereocenters. The number of rotatable bonds is 4. The van der Waals surface area contributed by atoms with E-state index in [1.807, 2.05) is 78.9 Å². The number of Topliss-reactive ketones (excluding diaryl/α,β-unsaturated/α-hetero) is 1. The first-order chi connectivity index (χ1) is 12.8. The van der Waals surface area contributed by atoms with Crippen molar-refractivity contribution < 1.29 is 4.79 Å². The number of nitrogens with one attached hydrogen (secondary N) is 1. The lowest BCUT2D eigenvalue weighted by molar-refractivity contribution is -0.113. The minimum atomic E-state index is 0.127. The molecule has 1 aliphatic heterocycles. The van der Waals surface area contributed by atoms with Crippen molar-refractivity contribution in [3.05, 3.63) is 107 Å². The van der Waals surface area contributed by atoms with Crippen LogP contribution in [0, 0.1) is 0 Å². The molecule has 0 spiro atoms. The van der Waals surface area contributed by atoms with E-state index in [1.54, 1.807) is 11.8 Å². The topological polar surface area (TPSA) is 29.1 Å². The molecule has 0 radical (unpaired) electrons. The van der Waals surface area contributed by atoms with Gasteiger partial charge in [0.25, 0.3) is 0 Å². The monoisotopic (exact) mass is 357 g/mol. The van der Waals surface area contributed by atoms with Crippen molar-refractivity contribution in [2.75, 3.05) is 5.32 Å². The first-order valence-corrected chi connectivity index (χ1v) is 9.56. The van der Waals surface area contributed by atoms with Crippen LogP contribution in [-0.2, 0) is 4.79 Å². The largest absolute Gasteiger partial charge is 0.350 e. The van der Waals surface area contributed by atoms with E-state index < -0.39 is 0 Å². The summed E-state index contributed by atoms with van der Waals surface area (Å²) >= 11 is 1.73. The van der Waals surface area contributed by atoms with E-state index in [1.165, 1.54) is 5.56 Å². The Balaban J connectivity index is 1.75. The summed E-state index contributed by atoms with van der Waals surface area (Å²) < 4.78 is 0. The Morgan fingerprint density at radius 2 is 1.35 bits per heavy atom. The van der Waals surface area contributed by atoms with Gasteiger partial charge in [0.2, 0.25) is 0 Å². The molecule has 0 saturated heterocycles. The number of hydrogen-bond donors (Lipinski definition) is 1. The van der Waals surface area contributed by atoms with Gasteiger partial charge in [-0.2, -0.15) is 0 Å². The summed E-state index contributed by atoms with van der Waals surface area (Å²) in [6, 6.07) is 30.2. The van der Waals surface area contributed by atoms with Gasteiger partial charge >= 0.3 is 0 Å². The van der Waals surface area contributed by atoms with E-state index in [0.717, 1.165) is 21.9 Å². The lowest BCUT2D eigenvalue weighted by Crippen LogP contribution is -2.17. The third kappa shape index (κ3) is 3.58. The Kier molecular flexibility index (Phi) is 4.89. The van der Waals surface area contributed by atoms with Crippen LogP contribution in [0.3, 0.4) is 0 Å². The van der Waals surface area contributed by atoms with E-state index in [2.05, 4.69) is 17.4 Å². The molecule has 4 rings (SSSR count). The molecule has 26 heavy (non-hydrogen) atoms. The van der Waals surface area contributed by atoms with Gasteiger partial charge in [0, 0.05) is 17.4 Å². The summed E-state index contributed by atoms with van der Waals surface area (Å²) in [6.45, 7) is 0. The first kappa shape index (κ1) is 16.7. The average molecular weight is 357 g/mol. The SMILES string of the molecule is O=C1C[C@@H](c2ccccc2)SC(Nc2ccccc2)=C1c1ccccc1. The number of thioether (sulfide) groups is 1. The molecule has 0 aliphatic carbocycles. The maximum absolute atomic E-state index is 13.1. The highest BCUT2D eigenvalue weighted by atomic mass is 32.2. The zero-order valence-electron chi connectivity index (χ0n) is 14.3. The zero-order valence-corrected chi connectivity index (χ0v) is 15.1. The standard InChI is InChI=1S/C23H19NOS/c25-20-16-21(17-10-4-1-5-11-17)26-23(24-19-14-8-3-9-15-19)22(20)18-12-6-2-7-13-18/h1-15,21,24H,16H2/t21-/m0/s1. The van der Waals surface area contributed by atoms with Crippen LogP contribution in [0.2, 0.25) is 0 Å². The van der Waals surface area contributed by atoms with Gasteiger partial charge in [0.15, 0.2) is 5.78 Å². The lowest BCUT2D eigenvalue weighted by atomic mass is 9.97. The minimum absolute atomic E-state index is 0.127. The third-order valence-corrected chi connectivity index (χ3v) is 5.67. The summed E-state index contributed by atoms with van der Waals surface area (Å²) in [6.07, 6.45) is 0.513. The predicted octanol–water partition coefficient (Wildman–Crippen LogP) is 5.91. The van der Waals surface area contributed by atoms with Crippen LogP contribution in [0.15, 0.2) is 96.0 Å². The van der Waals surface area contributed by atoms with Crippen LogP contribution in [-0.4, -0.2) is 5.78 Å². The Labute approximate surface area is 158 Å². The Bertz CT molecular complexity index is 920. The fourth-order valence-electron chi connectivity index (χ4n) is 3.13. The molecule has 1 N–H and O–H groups in total. The van der Waals surface area contributed by atoms with Crippen molar-refractivity contribution in [1.29, 1.82) is 0 Å². The second kappa shape index (κ2) is 7.63. The van der Waals surface area contributed by atoms with Crippen molar-refractivity contribution in [2.24, 2.45) is 0 Å². The van der Waals surface area contributed by atoms with E-state index in [-0.39, 0.29) is 11.0 Å². The number of allylic oxidation sites excluding steroid dienone is 1. The number of anilines is 1. The molecular formula is C23H19NOS. The summed E-state index contributed by atoms with van der Waals surface area (Å²) in [7, 11) is 0. The van der Waals surface area contributed by atoms with Crippen molar-refractivity contribution >= 4 is 28.8 Å². The highest BCUT2D eigenvalue weighted by Crippen LogP contribution is 2.46. The van der Waals surface area contributed by atoms with Gasteiger partial charge < -0.3 is 5.32 Å². The Morgan fingerprint density at radius 3 is 2.00 bits per heavy atom. The molecule has 0 saturated carbocycles. The third-order valence-electron chi connectivity index (χ3n) is 4.40. The summed E-state index contributed by atoms with van der Waals surface area (Å²) in [5.41, 5.74) is 3.93. The molecule has 0 aromatic heterocycles. The number of carbonyl (C=O) groups is 1. The van der Waals surface area contributed by atoms with Gasteiger partial charge in [0.05, 0.1) is 10.6 Å². The smallest absolute Gasteiger partial charge is 0.167 e. The fraction of sp³-hybridized carbons (Fsp3) is 0.0870. The zero-order chi connectivity index (χ0) is 17.8. The van der Waals surface area contributed by atoms with E-state index in [9.17, 15) is 4.79 Å². The Morgan fingerprint density at radius 1 is 0.769 bits per heavy atom. The second-order valence-electron chi connectivity index (χ2n) is 6.21. The number of para-hydroxylation sites is 1. The molecule has 3 heteroatoms. The number of benzene rings is 3. The van der Waals surface area contributed by atoms with E-state index in [0.29, 0.717) is 6.42 Å². The van der Waals surface area contributed by atoms with Gasteiger partial charge in [-0.25, -0.2) is 0 Å². The minimum Gasteiger partial charge on any atom is -0.350 e. The summed E-state index contributed by atoms with van der Waals surface area (Å²) in [4.78, 5) is 13.1. The van der Waals surface area contributed by atoms with Crippen LogP contribution in [0.4, 0.5) is 5.69 Å². The van der Waals surface area contributed by atoms with Gasteiger partial charge in [0.1, 0.15) is 0 Å². The van der Waals surface area contributed by atoms with Crippen molar-refractivity contribution in [3.63, 3.8) is 0 Å². The van der Waals surface area contributed by atoms with Crippen LogP contribution in [0.5, 0.6) is 0 Å². The van der Waals surface area contributed by atoms with E-state index >= 15 is 0 Å². The van der Waals surface area contributed by atoms with Crippen molar-refractivity contribution in [3.8, 4) is 0 Å². The highest BCUT2D eigenvalue weighted by Gasteiger charge is 2.30. The number of hydrogen-bond acceptors (Lipinski definition) is 3. The van der Waals surface area contributed by atoms with Crippen molar-refractivity contribution in [2.45, 2.75) is 11.7 Å². The van der Waals surface area contributed by atoms with Crippen molar-refractivity contribution in [1.82, 2.24) is 0 Å². The molecule has 2 nitrogen and oxygen atoms in total. The fourth-order valence-corrected chi connectivity index (χ4v) is 4.47. The maximum Gasteiger partial charge on any atom is 0.167 e. The van der Waals surface area contributed by atoms with Gasteiger partial charge in [-0.1, -0.05) is 90.6 Å². The highest BCUT2D eigenvalue weighted by molar-refractivity contribution is 8.03. The molecule has 1 aliphatic rings. The number of carbonyl (C=O) groups excluding carboxylic acids is 1. The molecule has 0 bridgehead atoms. The lowest BCUT2D eigenvalue weighted by Gasteiger charge is -2.27. The molecule has 3 aromatic carbocycles. The van der Waals surface area contributed by atoms with Crippen LogP contribution in [0.1, 0.15) is 22.8 Å². The molecule has 128 valence electrons. The van der Waals surface area contributed by atoms with Crippen LogP contribution in [0.25, 0.3) is 5.57 Å². The quantitative estimate of drug-likeness (QED) is 0.629. The second-order valence-corrected chi connectivity index (χ2v) is 7.42. The summed E-state index contributed by atoms with van der Waals surface area (Å²) in [5.74, 6) is 0.183. The molecule has 0 amide bonds. The van der Waals surface area contributed by atoms with Gasteiger partial charge in [-0.05, 0) is 23.3 Å². The van der Waals surface area contributed by atoms with E-state index in [4.69, 9.17) is 0 Å². The molecular weight excluding hydrogens is 338 g/mol. The molecule has 0 unspecified atom stereocenters. The first-order valence-electron chi connectivity index (χ1n) is 8.68. The molecule has 3 aromatic rings. The van der Waals surface area contributed by atoms with Gasteiger partial charge in [-0.15, -0.1) is 0 Å².